The van der Waals surface area contributed by atoms with Crippen LogP contribution in [-0.4, -0.2) is 11.2 Å². The summed E-state index contributed by atoms with van der Waals surface area (Å²) in [4.78, 5) is 27.0. The quantitative estimate of drug-likeness (QED) is 0.301. The van der Waals surface area contributed by atoms with Gasteiger partial charge >= 0.3 is 11.7 Å². The summed E-state index contributed by atoms with van der Waals surface area (Å²) in [6.07, 6.45) is 7.86. The van der Waals surface area contributed by atoms with Crippen molar-refractivity contribution in [1.29, 1.82) is 0 Å². The molecule has 38 heavy (non-hydrogen) atoms. The van der Waals surface area contributed by atoms with Gasteiger partial charge < -0.3 is 19.6 Å². The average Bonchev–Trinajstić information content (AvgIpc) is 3.75. The number of carbonyl (C=O) groups is 1. The van der Waals surface area contributed by atoms with Crippen LogP contribution in [0.5, 0.6) is 5.75 Å². The van der Waals surface area contributed by atoms with Gasteiger partial charge in [0.15, 0.2) is 0 Å². The van der Waals surface area contributed by atoms with Crippen LogP contribution < -0.4 is 10.9 Å². The Bertz CT molecular complexity index is 1310. The van der Waals surface area contributed by atoms with E-state index in [0.717, 1.165) is 36.8 Å². The molecule has 6 heteroatoms. The number of alkyl carbamates (subject to hydrolysis) is 1. The second-order valence-corrected chi connectivity index (χ2v) is 11.4. The van der Waals surface area contributed by atoms with Crippen LogP contribution in [0.4, 0.5) is 4.79 Å². The zero-order valence-electron chi connectivity index (χ0n) is 21.6. The minimum Gasteiger partial charge on any atom is -0.507 e. The molecule has 0 aliphatic heterocycles. The third kappa shape index (κ3) is 5.35. The van der Waals surface area contributed by atoms with E-state index in [9.17, 15) is 14.7 Å². The Kier molecular flexibility index (Phi) is 6.73. The average molecular weight is 514 g/mol. The lowest BCUT2D eigenvalue weighted by Crippen LogP contribution is -2.51. The molecule has 0 radical (unpaired) electrons. The second-order valence-electron chi connectivity index (χ2n) is 11.4. The van der Waals surface area contributed by atoms with E-state index in [2.05, 4.69) is 5.32 Å². The largest absolute Gasteiger partial charge is 0.507 e. The fourth-order valence-electron chi connectivity index (χ4n) is 5.86. The minimum atomic E-state index is -1.25. The lowest BCUT2D eigenvalue weighted by molar-refractivity contribution is 0.126. The SMILES string of the molecule is O=C(NC(c1ccccc1)(c1c(O)cc(C(CC2CC2)CC2CC2)oc1=O)C1CC1)OCc1ccccc1. The summed E-state index contributed by atoms with van der Waals surface area (Å²) < 4.78 is 11.6. The van der Waals surface area contributed by atoms with Crippen molar-refractivity contribution in [3.8, 4) is 5.75 Å². The predicted octanol–water partition coefficient (Wildman–Crippen LogP) is 6.61. The maximum atomic E-state index is 13.8. The molecular weight excluding hydrogens is 478 g/mol. The molecule has 3 fully saturated rings. The van der Waals surface area contributed by atoms with E-state index >= 15 is 0 Å². The number of hydrogen-bond acceptors (Lipinski definition) is 5. The molecule has 1 unspecified atom stereocenters. The Morgan fingerprint density at radius 3 is 2.11 bits per heavy atom. The maximum Gasteiger partial charge on any atom is 0.408 e. The summed E-state index contributed by atoms with van der Waals surface area (Å²) in [5, 5.41) is 14.5. The Morgan fingerprint density at radius 2 is 1.55 bits per heavy atom. The zero-order valence-corrected chi connectivity index (χ0v) is 21.6. The van der Waals surface area contributed by atoms with E-state index in [1.165, 1.54) is 25.7 Å². The van der Waals surface area contributed by atoms with E-state index < -0.39 is 17.3 Å². The number of aromatic hydroxyl groups is 1. The highest BCUT2D eigenvalue weighted by atomic mass is 16.5. The highest BCUT2D eigenvalue weighted by Crippen LogP contribution is 2.52. The molecule has 6 nitrogen and oxygen atoms in total. The number of carbonyl (C=O) groups excluding carboxylic acids is 1. The highest BCUT2D eigenvalue weighted by Gasteiger charge is 2.53. The van der Waals surface area contributed by atoms with E-state index in [4.69, 9.17) is 9.15 Å². The standard InChI is InChI=1S/C32H35NO5/c34-27-19-28(24(17-21-11-12-21)18-22-13-14-22)38-30(35)29(27)32(26-15-16-26,25-9-5-2-6-10-25)33-31(36)37-20-23-7-3-1-4-8-23/h1-10,19,21-22,24,26,34H,11-18,20H2,(H,33,36). The molecule has 3 saturated carbocycles. The third-order valence-corrected chi connectivity index (χ3v) is 8.31. The number of benzene rings is 2. The van der Waals surface area contributed by atoms with Gasteiger partial charge in [0, 0.05) is 12.0 Å². The molecule has 3 aliphatic carbocycles. The highest BCUT2D eigenvalue weighted by molar-refractivity contribution is 5.71. The molecule has 6 rings (SSSR count). The molecule has 2 aromatic carbocycles. The molecule has 2 N–H and O–H groups in total. The molecule has 198 valence electrons. The number of rotatable bonds is 11. The summed E-state index contributed by atoms with van der Waals surface area (Å²) in [6.45, 7) is 0.103. The Hall–Kier alpha value is -3.54. The van der Waals surface area contributed by atoms with Gasteiger partial charge in [-0.25, -0.2) is 9.59 Å². The first-order valence-electron chi connectivity index (χ1n) is 13.9. The van der Waals surface area contributed by atoms with Crippen molar-refractivity contribution in [3.05, 3.63) is 99.6 Å². The molecule has 0 spiro atoms. The van der Waals surface area contributed by atoms with Crippen LogP contribution in [-0.2, 0) is 16.9 Å². The van der Waals surface area contributed by atoms with Crippen molar-refractivity contribution in [2.24, 2.45) is 17.8 Å². The fourth-order valence-corrected chi connectivity index (χ4v) is 5.86. The first kappa shape index (κ1) is 24.8. The van der Waals surface area contributed by atoms with E-state index in [1.807, 2.05) is 60.7 Å². The number of amides is 1. The van der Waals surface area contributed by atoms with Crippen molar-refractivity contribution in [2.45, 2.75) is 69.4 Å². The summed E-state index contributed by atoms with van der Waals surface area (Å²) in [6, 6.07) is 20.5. The van der Waals surface area contributed by atoms with Crippen LogP contribution >= 0.6 is 0 Å². The van der Waals surface area contributed by atoms with Gasteiger partial charge in [0.25, 0.3) is 0 Å². The number of nitrogens with one attached hydrogen (secondary N) is 1. The predicted molar refractivity (Wildman–Crippen MR) is 144 cm³/mol. The molecule has 3 aromatic rings. The molecule has 3 aliphatic rings. The van der Waals surface area contributed by atoms with Gasteiger partial charge in [0.1, 0.15) is 29.2 Å². The lowest BCUT2D eigenvalue weighted by Gasteiger charge is -2.35. The van der Waals surface area contributed by atoms with Crippen molar-refractivity contribution in [3.63, 3.8) is 0 Å². The third-order valence-electron chi connectivity index (χ3n) is 8.31. The van der Waals surface area contributed by atoms with Crippen LogP contribution in [0.1, 0.15) is 79.7 Å². The summed E-state index contributed by atoms with van der Waals surface area (Å²) >= 11 is 0. The Balaban J connectivity index is 1.36. The van der Waals surface area contributed by atoms with Gasteiger partial charge in [0.05, 0.1) is 0 Å². The number of ether oxygens (including phenoxy) is 1. The van der Waals surface area contributed by atoms with Gasteiger partial charge in [-0.15, -0.1) is 0 Å². The van der Waals surface area contributed by atoms with Crippen molar-refractivity contribution < 1.29 is 19.1 Å². The molecule has 0 saturated heterocycles. The summed E-state index contributed by atoms with van der Waals surface area (Å²) in [5.74, 6) is 1.89. The summed E-state index contributed by atoms with van der Waals surface area (Å²) in [7, 11) is 0. The molecule has 1 heterocycles. The van der Waals surface area contributed by atoms with Gasteiger partial charge in [-0.3, -0.25) is 0 Å². The molecule has 1 amide bonds. The lowest BCUT2D eigenvalue weighted by atomic mass is 9.78. The molecule has 1 atom stereocenters. The molecular formula is C32H35NO5. The maximum absolute atomic E-state index is 13.8. The normalized spacial score (nSPS) is 18.7. The van der Waals surface area contributed by atoms with E-state index in [-0.39, 0.29) is 29.8 Å². The topological polar surface area (TPSA) is 88.8 Å². The van der Waals surface area contributed by atoms with Crippen molar-refractivity contribution in [2.75, 3.05) is 0 Å². The Morgan fingerprint density at radius 1 is 0.947 bits per heavy atom. The smallest absolute Gasteiger partial charge is 0.408 e. The van der Waals surface area contributed by atoms with Gasteiger partial charge in [-0.2, -0.15) is 0 Å². The first-order chi connectivity index (χ1) is 18.5. The van der Waals surface area contributed by atoms with E-state index in [0.29, 0.717) is 17.6 Å². The van der Waals surface area contributed by atoms with Gasteiger partial charge in [-0.05, 0) is 54.6 Å². The fraction of sp³-hybridized carbons (Fsp3) is 0.438. The first-order valence-corrected chi connectivity index (χ1v) is 13.9. The minimum absolute atomic E-state index is 0.0671. The van der Waals surface area contributed by atoms with Crippen LogP contribution in [0.25, 0.3) is 0 Å². The van der Waals surface area contributed by atoms with Gasteiger partial charge in [-0.1, -0.05) is 86.3 Å². The summed E-state index contributed by atoms with van der Waals surface area (Å²) in [5.41, 5.74) is -0.162. The van der Waals surface area contributed by atoms with Crippen LogP contribution in [0.3, 0.4) is 0 Å². The van der Waals surface area contributed by atoms with Crippen LogP contribution in [0, 0.1) is 17.8 Å². The Labute approximate surface area is 223 Å². The zero-order chi connectivity index (χ0) is 26.1. The number of hydrogen-bond donors (Lipinski definition) is 2. The van der Waals surface area contributed by atoms with Crippen molar-refractivity contribution in [1.82, 2.24) is 5.32 Å². The second kappa shape index (κ2) is 10.3. The van der Waals surface area contributed by atoms with E-state index in [1.54, 1.807) is 6.07 Å². The van der Waals surface area contributed by atoms with Crippen LogP contribution in [0.15, 0.2) is 75.9 Å². The molecule has 0 bridgehead atoms. The van der Waals surface area contributed by atoms with Crippen molar-refractivity contribution >= 4 is 6.09 Å². The van der Waals surface area contributed by atoms with Gasteiger partial charge in [0.2, 0.25) is 0 Å². The monoisotopic (exact) mass is 513 g/mol. The van der Waals surface area contributed by atoms with Crippen LogP contribution in [0.2, 0.25) is 0 Å². The molecule has 1 aromatic heterocycles.